The fourth-order valence-corrected chi connectivity index (χ4v) is 1.92. The standard InChI is InChI=1S/C12H20N6/c1-3-6-18-7-5-14-11(18)8-13-9-12-16-15-10-17(12)4-2/h5,7,10,13H,3-4,6,8-9H2,1-2H3. The summed E-state index contributed by atoms with van der Waals surface area (Å²) in [4.78, 5) is 4.35. The van der Waals surface area contributed by atoms with Gasteiger partial charge in [0.15, 0.2) is 0 Å². The van der Waals surface area contributed by atoms with E-state index in [4.69, 9.17) is 0 Å². The summed E-state index contributed by atoms with van der Waals surface area (Å²) in [5.41, 5.74) is 0. The lowest BCUT2D eigenvalue weighted by Crippen LogP contribution is -2.19. The molecule has 6 nitrogen and oxygen atoms in total. The van der Waals surface area contributed by atoms with Gasteiger partial charge >= 0.3 is 0 Å². The highest BCUT2D eigenvalue weighted by Crippen LogP contribution is 2.00. The number of hydrogen-bond acceptors (Lipinski definition) is 4. The van der Waals surface area contributed by atoms with E-state index < -0.39 is 0 Å². The summed E-state index contributed by atoms with van der Waals surface area (Å²) >= 11 is 0. The van der Waals surface area contributed by atoms with Gasteiger partial charge in [0.05, 0.1) is 13.1 Å². The van der Waals surface area contributed by atoms with Crippen LogP contribution in [0.3, 0.4) is 0 Å². The molecule has 2 heterocycles. The van der Waals surface area contributed by atoms with Crippen molar-refractivity contribution in [1.82, 2.24) is 29.6 Å². The van der Waals surface area contributed by atoms with E-state index in [1.165, 1.54) is 0 Å². The molecule has 1 N–H and O–H groups in total. The zero-order chi connectivity index (χ0) is 12.8. The summed E-state index contributed by atoms with van der Waals surface area (Å²) in [5, 5.41) is 11.4. The molecule has 0 atom stereocenters. The molecule has 0 spiro atoms. The number of nitrogens with one attached hydrogen (secondary N) is 1. The molecule has 0 aliphatic rings. The highest BCUT2D eigenvalue weighted by atomic mass is 15.3. The molecule has 2 aromatic heterocycles. The Hall–Kier alpha value is -1.69. The van der Waals surface area contributed by atoms with Crippen molar-refractivity contribution in [3.05, 3.63) is 30.4 Å². The molecule has 2 rings (SSSR count). The van der Waals surface area contributed by atoms with Gasteiger partial charge in [-0.25, -0.2) is 4.98 Å². The Morgan fingerprint density at radius 1 is 1.17 bits per heavy atom. The van der Waals surface area contributed by atoms with Gasteiger partial charge in [0.1, 0.15) is 18.0 Å². The quantitative estimate of drug-likeness (QED) is 0.799. The van der Waals surface area contributed by atoms with Crippen LogP contribution in [-0.2, 0) is 26.2 Å². The molecule has 0 bridgehead atoms. The summed E-state index contributed by atoms with van der Waals surface area (Å²) in [5.74, 6) is 2.03. The molecule has 0 saturated carbocycles. The molecule has 18 heavy (non-hydrogen) atoms. The summed E-state index contributed by atoms with van der Waals surface area (Å²) in [6, 6.07) is 0. The topological polar surface area (TPSA) is 60.6 Å². The SMILES string of the molecule is CCCn1ccnc1CNCc1nncn1CC. The first-order chi connectivity index (χ1) is 8.85. The van der Waals surface area contributed by atoms with Gasteiger partial charge in [-0.05, 0) is 13.3 Å². The van der Waals surface area contributed by atoms with Crippen molar-refractivity contribution in [2.45, 2.75) is 46.4 Å². The molecular weight excluding hydrogens is 228 g/mol. The molecule has 0 aliphatic heterocycles. The van der Waals surface area contributed by atoms with Crippen molar-refractivity contribution in [1.29, 1.82) is 0 Å². The number of hydrogen-bond donors (Lipinski definition) is 1. The second-order valence-electron chi connectivity index (χ2n) is 4.17. The zero-order valence-electron chi connectivity index (χ0n) is 11.0. The Morgan fingerprint density at radius 3 is 2.78 bits per heavy atom. The minimum atomic E-state index is 0.715. The molecule has 98 valence electrons. The second-order valence-corrected chi connectivity index (χ2v) is 4.17. The minimum Gasteiger partial charge on any atom is -0.334 e. The average molecular weight is 248 g/mol. The van der Waals surface area contributed by atoms with Gasteiger partial charge in [0.2, 0.25) is 0 Å². The maximum absolute atomic E-state index is 4.35. The van der Waals surface area contributed by atoms with Crippen LogP contribution in [0, 0.1) is 0 Å². The van der Waals surface area contributed by atoms with E-state index in [0.717, 1.165) is 37.7 Å². The molecule has 0 aliphatic carbocycles. The lowest BCUT2D eigenvalue weighted by Gasteiger charge is -2.08. The normalized spacial score (nSPS) is 11.0. The van der Waals surface area contributed by atoms with Crippen molar-refractivity contribution < 1.29 is 0 Å². The van der Waals surface area contributed by atoms with Crippen LogP contribution in [0.2, 0.25) is 0 Å². The largest absolute Gasteiger partial charge is 0.334 e. The third-order valence-electron chi connectivity index (χ3n) is 2.87. The number of rotatable bonds is 7. The lowest BCUT2D eigenvalue weighted by atomic mass is 10.4. The third kappa shape index (κ3) is 2.95. The van der Waals surface area contributed by atoms with Gasteiger partial charge < -0.3 is 14.5 Å². The summed E-state index contributed by atoms with van der Waals surface area (Å²) < 4.78 is 4.21. The number of aromatic nitrogens is 5. The first-order valence-electron chi connectivity index (χ1n) is 6.42. The molecule has 2 aromatic rings. The molecule has 0 radical (unpaired) electrons. The van der Waals surface area contributed by atoms with Crippen LogP contribution in [0.15, 0.2) is 18.7 Å². The van der Waals surface area contributed by atoms with Crippen LogP contribution in [0.4, 0.5) is 0 Å². The van der Waals surface area contributed by atoms with E-state index in [-0.39, 0.29) is 0 Å². The van der Waals surface area contributed by atoms with Crippen LogP contribution in [0.1, 0.15) is 31.9 Å². The first-order valence-corrected chi connectivity index (χ1v) is 6.42. The maximum Gasteiger partial charge on any atom is 0.146 e. The third-order valence-corrected chi connectivity index (χ3v) is 2.87. The molecule has 0 saturated heterocycles. The van der Waals surface area contributed by atoms with Crippen LogP contribution in [0.5, 0.6) is 0 Å². The predicted molar refractivity (Wildman–Crippen MR) is 68.8 cm³/mol. The van der Waals surface area contributed by atoms with Crippen LogP contribution in [-0.4, -0.2) is 24.3 Å². The molecule has 0 amide bonds. The van der Waals surface area contributed by atoms with E-state index in [1.807, 2.05) is 17.0 Å². The molecular formula is C12H20N6. The minimum absolute atomic E-state index is 0.715. The summed E-state index contributed by atoms with van der Waals surface area (Å²) in [7, 11) is 0. The second kappa shape index (κ2) is 6.30. The van der Waals surface area contributed by atoms with Gasteiger partial charge in [-0.3, -0.25) is 0 Å². The van der Waals surface area contributed by atoms with Crippen molar-refractivity contribution in [3.8, 4) is 0 Å². The highest BCUT2D eigenvalue weighted by molar-refractivity contribution is 4.93. The van der Waals surface area contributed by atoms with Gasteiger partial charge in [0.25, 0.3) is 0 Å². The Bertz CT molecular complexity index is 472. The molecule has 0 aromatic carbocycles. The van der Waals surface area contributed by atoms with Crippen molar-refractivity contribution in [2.24, 2.45) is 0 Å². The molecule has 0 unspecified atom stereocenters. The summed E-state index contributed by atoms with van der Waals surface area (Å²) in [6.07, 6.45) is 6.75. The fourth-order valence-electron chi connectivity index (χ4n) is 1.92. The van der Waals surface area contributed by atoms with Crippen molar-refractivity contribution in [3.63, 3.8) is 0 Å². The lowest BCUT2D eigenvalue weighted by molar-refractivity contribution is 0.564. The zero-order valence-corrected chi connectivity index (χ0v) is 11.0. The van der Waals surface area contributed by atoms with Gasteiger partial charge in [0, 0.05) is 25.5 Å². The van der Waals surface area contributed by atoms with Crippen LogP contribution >= 0.6 is 0 Å². The fraction of sp³-hybridized carbons (Fsp3) is 0.583. The highest BCUT2D eigenvalue weighted by Gasteiger charge is 2.04. The molecule has 6 heteroatoms. The van der Waals surface area contributed by atoms with E-state index >= 15 is 0 Å². The predicted octanol–water partition coefficient (Wildman–Crippen LogP) is 1.19. The van der Waals surface area contributed by atoms with Crippen LogP contribution in [0.25, 0.3) is 0 Å². The van der Waals surface area contributed by atoms with Gasteiger partial charge in [-0.15, -0.1) is 10.2 Å². The monoisotopic (exact) mass is 248 g/mol. The Balaban J connectivity index is 1.86. The van der Waals surface area contributed by atoms with E-state index in [9.17, 15) is 0 Å². The van der Waals surface area contributed by atoms with Crippen LogP contribution < -0.4 is 5.32 Å². The van der Waals surface area contributed by atoms with Crippen molar-refractivity contribution in [2.75, 3.05) is 0 Å². The average Bonchev–Trinajstić information content (AvgIpc) is 2.99. The van der Waals surface area contributed by atoms with Crippen molar-refractivity contribution >= 4 is 0 Å². The van der Waals surface area contributed by atoms with E-state index in [1.54, 1.807) is 6.33 Å². The van der Waals surface area contributed by atoms with E-state index in [0.29, 0.717) is 6.54 Å². The number of nitrogens with zero attached hydrogens (tertiary/aromatic N) is 5. The van der Waals surface area contributed by atoms with Gasteiger partial charge in [-0.1, -0.05) is 6.92 Å². The molecule has 0 fully saturated rings. The smallest absolute Gasteiger partial charge is 0.146 e. The Morgan fingerprint density at radius 2 is 2.00 bits per heavy atom. The van der Waals surface area contributed by atoms with E-state index in [2.05, 4.69) is 38.9 Å². The number of aryl methyl sites for hydroxylation is 2. The van der Waals surface area contributed by atoms with Gasteiger partial charge in [-0.2, -0.15) is 0 Å². The number of imidazole rings is 1. The summed E-state index contributed by atoms with van der Waals surface area (Å²) in [6.45, 7) is 7.63. The first kappa shape index (κ1) is 12.8. The maximum atomic E-state index is 4.35. The Labute approximate surface area is 107 Å². The Kier molecular flexibility index (Phi) is 4.46.